The van der Waals surface area contributed by atoms with E-state index in [4.69, 9.17) is 9.47 Å². The van der Waals surface area contributed by atoms with Crippen LogP contribution in [0, 0.1) is 17.3 Å². The maximum absolute atomic E-state index is 12.4. The lowest BCUT2D eigenvalue weighted by molar-refractivity contribution is 0.0255. The van der Waals surface area contributed by atoms with Crippen LogP contribution in [0.25, 0.3) is 0 Å². The minimum Gasteiger partial charge on any atom is -0.430 e. The molecule has 2 aromatic rings. The molecule has 2 fully saturated rings. The van der Waals surface area contributed by atoms with Crippen LogP contribution in [-0.2, 0) is 10.2 Å². The first-order chi connectivity index (χ1) is 15.2. The van der Waals surface area contributed by atoms with Crippen LogP contribution < -0.4 is 4.74 Å². The average molecular weight is 435 g/mol. The Morgan fingerprint density at radius 3 is 2.34 bits per heavy atom. The second-order valence-electron chi connectivity index (χ2n) is 10.9. The van der Waals surface area contributed by atoms with Crippen LogP contribution in [0.1, 0.15) is 83.8 Å². The first-order valence-corrected chi connectivity index (χ1v) is 12.3. The number of ether oxygens (including phenoxy) is 2. The van der Waals surface area contributed by atoms with Gasteiger partial charge in [0.05, 0.1) is 0 Å². The minimum atomic E-state index is -0.568. The van der Waals surface area contributed by atoms with Crippen molar-refractivity contribution in [3.05, 3.63) is 65.7 Å². The zero-order valence-electron chi connectivity index (χ0n) is 20.3. The van der Waals surface area contributed by atoms with Gasteiger partial charge in [-0.25, -0.2) is 4.79 Å². The Balaban J connectivity index is 1.34. The monoisotopic (exact) mass is 434 g/mol. The second-order valence-corrected chi connectivity index (χ2v) is 10.9. The minimum absolute atomic E-state index is 0.000234. The Kier molecular flexibility index (Phi) is 6.38. The second kappa shape index (κ2) is 8.92. The van der Waals surface area contributed by atoms with Gasteiger partial charge in [0.1, 0.15) is 11.9 Å². The maximum atomic E-state index is 12.4. The van der Waals surface area contributed by atoms with E-state index < -0.39 is 6.16 Å². The van der Waals surface area contributed by atoms with Crippen molar-refractivity contribution in [1.29, 1.82) is 0 Å². The molecule has 2 bridgehead atoms. The van der Waals surface area contributed by atoms with E-state index in [1.807, 2.05) is 12.1 Å². The maximum Gasteiger partial charge on any atom is 0.514 e. The summed E-state index contributed by atoms with van der Waals surface area (Å²) in [6.07, 6.45) is 4.97. The lowest BCUT2D eigenvalue weighted by Crippen LogP contribution is -2.28. The van der Waals surface area contributed by atoms with Gasteiger partial charge in [-0.1, -0.05) is 77.1 Å². The first kappa shape index (κ1) is 22.9. The molecule has 3 heteroatoms. The summed E-state index contributed by atoms with van der Waals surface area (Å²) in [5.41, 5.74) is 3.06. The summed E-state index contributed by atoms with van der Waals surface area (Å²) in [5.74, 6) is 2.07. The number of benzene rings is 2. The van der Waals surface area contributed by atoms with Crippen LogP contribution in [0.15, 0.2) is 54.6 Å². The molecule has 4 rings (SSSR count). The van der Waals surface area contributed by atoms with Crippen molar-refractivity contribution in [3.63, 3.8) is 0 Å². The van der Waals surface area contributed by atoms with Gasteiger partial charge in [-0.2, -0.15) is 0 Å². The summed E-state index contributed by atoms with van der Waals surface area (Å²) >= 11 is 0. The molecule has 32 heavy (non-hydrogen) atoms. The molecule has 0 saturated heterocycles. The van der Waals surface area contributed by atoms with Gasteiger partial charge in [0.25, 0.3) is 0 Å². The highest BCUT2D eigenvalue weighted by Crippen LogP contribution is 2.58. The number of hydrogen-bond acceptors (Lipinski definition) is 3. The fraction of sp³-hybridized carbons (Fsp3) is 0.552. The van der Waals surface area contributed by atoms with Crippen molar-refractivity contribution in [2.24, 2.45) is 17.3 Å². The van der Waals surface area contributed by atoms with Crippen molar-refractivity contribution in [2.45, 2.75) is 84.2 Å². The summed E-state index contributed by atoms with van der Waals surface area (Å²) in [4.78, 5) is 12.4. The molecule has 5 unspecified atom stereocenters. The van der Waals surface area contributed by atoms with Gasteiger partial charge < -0.3 is 9.47 Å². The van der Waals surface area contributed by atoms with Gasteiger partial charge in [-0.05, 0) is 78.0 Å². The summed E-state index contributed by atoms with van der Waals surface area (Å²) in [7, 11) is 0. The SMILES string of the molecule is CCC(C)(CC(C)c1ccc(OC(=O)OC2CC3CCC2C3(C)C)cc1)c1ccccc1. The Hall–Kier alpha value is -2.29. The molecule has 2 aromatic carbocycles. The summed E-state index contributed by atoms with van der Waals surface area (Å²) < 4.78 is 11.2. The number of carbonyl (C=O) groups excluding carboxylic acids is 1. The number of fused-ring (bicyclic) bond motifs is 2. The topological polar surface area (TPSA) is 35.5 Å². The predicted octanol–water partition coefficient (Wildman–Crippen LogP) is 7.89. The van der Waals surface area contributed by atoms with Gasteiger partial charge in [-0.15, -0.1) is 0 Å². The fourth-order valence-electron chi connectivity index (χ4n) is 6.30. The molecule has 3 nitrogen and oxygen atoms in total. The smallest absolute Gasteiger partial charge is 0.430 e. The van der Waals surface area contributed by atoms with E-state index in [2.05, 4.69) is 77.1 Å². The van der Waals surface area contributed by atoms with Gasteiger partial charge in [0.15, 0.2) is 0 Å². The third-order valence-electron chi connectivity index (χ3n) is 8.71. The molecule has 0 amide bonds. The summed E-state index contributed by atoms with van der Waals surface area (Å²) in [6.45, 7) is 11.5. The van der Waals surface area contributed by atoms with Crippen molar-refractivity contribution in [1.82, 2.24) is 0 Å². The summed E-state index contributed by atoms with van der Waals surface area (Å²) in [5, 5.41) is 0. The normalized spacial score (nSPS) is 26.3. The summed E-state index contributed by atoms with van der Waals surface area (Å²) in [6, 6.07) is 18.7. The third kappa shape index (κ3) is 4.44. The molecule has 2 aliphatic rings. The Bertz CT molecular complexity index is 917. The quantitative estimate of drug-likeness (QED) is 0.328. The molecule has 0 radical (unpaired) electrons. The van der Waals surface area contributed by atoms with Crippen LogP contribution in [-0.4, -0.2) is 12.3 Å². The zero-order chi connectivity index (χ0) is 22.9. The van der Waals surface area contributed by atoms with Crippen LogP contribution >= 0.6 is 0 Å². The van der Waals surface area contributed by atoms with Crippen molar-refractivity contribution >= 4 is 6.16 Å². The van der Waals surface area contributed by atoms with E-state index in [-0.39, 0.29) is 16.9 Å². The van der Waals surface area contributed by atoms with E-state index in [1.54, 1.807) is 0 Å². The third-order valence-corrected chi connectivity index (χ3v) is 8.71. The highest BCUT2D eigenvalue weighted by Gasteiger charge is 2.55. The number of carbonyl (C=O) groups is 1. The molecular formula is C29H38O3. The Morgan fingerprint density at radius 2 is 1.78 bits per heavy atom. The van der Waals surface area contributed by atoms with E-state index in [9.17, 15) is 4.79 Å². The van der Waals surface area contributed by atoms with Crippen molar-refractivity contribution in [3.8, 4) is 5.75 Å². The lowest BCUT2D eigenvalue weighted by Gasteiger charge is -2.32. The van der Waals surface area contributed by atoms with Crippen molar-refractivity contribution < 1.29 is 14.3 Å². The molecule has 172 valence electrons. The molecule has 0 spiro atoms. The number of rotatable bonds is 7. The van der Waals surface area contributed by atoms with E-state index >= 15 is 0 Å². The van der Waals surface area contributed by atoms with Crippen molar-refractivity contribution in [2.75, 3.05) is 0 Å². The zero-order valence-corrected chi connectivity index (χ0v) is 20.3. The fourth-order valence-corrected chi connectivity index (χ4v) is 6.30. The molecule has 2 saturated carbocycles. The molecule has 0 N–H and O–H groups in total. The van der Waals surface area contributed by atoms with E-state index in [1.165, 1.54) is 17.5 Å². The van der Waals surface area contributed by atoms with Gasteiger partial charge in [0.2, 0.25) is 0 Å². The Morgan fingerprint density at radius 1 is 1.09 bits per heavy atom. The molecule has 0 aromatic heterocycles. The molecule has 5 atom stereocenters. The molecular weight excluding hydrogens is 396 g/mol. The van der Waals surface area contributed by atoms with Gasteiger partial charge in [0, 0.05) is 5.92 Å². The highest BCUT2D eigenvalue weighted by atomic mass is 16.7. The van der Waals surface area contributed by atoms with Crippen LogP contribution in [0.2, 0.25) is 0 Å². The predicted molar refractivity (Wildman–Crippen MR) is 129 cm³/mol. The first-order valence-electron chi connectivity index (χ1n) is 12.3. The van der Waals surface area contributed by atoms with Gasteiger partial charge in [-0.3, -0.25) is 0 Å². The van der Waals surface area contributed by atoms with E-state index in [0.29, 0.717) is 23.5 Å². The van der Waals surface area contributed by atoms with Crippen LogP contribution in [0.4, 0.5) is 4.79 Å². The average Bonchev–Trinajstić information content (AvgIpc) is 3.20. The number of hydrogen-bond donors (Lipinski definition) is 0. The Labute approximate surface area is 193 Å². The van der Waals surface area contributed by atoms with E-state index in [0.717, 1.165) is 25.7 Å². The lowest BCUT2D eigenvalue weighted by atomic mass is 9.72. The highest BCUT2D eigenvalue weighted by molar-refractivity contribution is 5.64. The standard InChI is InChI=1S/C29H38O3/c1-6-29(5,22-10-8-7-9-11-22)19-20(2)21-12-15-24(16-13-21)31-27(30)32-26-18-23-14-17-25(26)28(23,3)4/h7-13,15-16,20,23,25-26H,6,14,17-19H2,1-5H3. The molecule has 2 aliphatic carbocycles. The molecule has 0 heterocycles. The molecule has 0 aliphatic heterocycles. The van der Waals surface area contributed by atoms with Gasteiger partial charge >= 0.3 is 6.16 Å². The largest absolute Gasteiger partial charge is 0.514 e. The van der Waals surface area contributed by atoms with Crippen LogP contribution in [0.3, 0.4) is 0 Å². The van der Waals surface area contributed by atoms with Crippen LogP contribution in [0.5, 0.6) is 5.75 Å².